The molecule has 3 rings (SSSR count). The maximum atomic E-state index is 12.6. The summed E-state index contributed by atoms with van der Waals surface area (Å²) in [6.45, 7) is 3.67. The number of hydrogen-bond donors (Lipinski definition) is 0. The van der Waals surface area contributed by atoms with Gasteiger partial charge in [0.15, 0.2) is 6.61 Å². The number of nitriles is 1. The number of ether oxygens (including phenoxy) is 1. The molecule has 0 radical (unpaired) electrons. The molecule has 0 atom stereocenters. The molecule has 0 N–H and O–H groups in total. The van der Waals surface area contributed by atoms with E-state index < -0.39 is 0 Å². The van der Waals surface area contributed by atoms with Crippen molar-refractivity contribution in [3.05, 3.63) is 76.2 Å². The maximum absolute atomic E-state index is 12.6. The van der Waals surface area contributed by atoms with Gasteiger partial charge < -0.3 is 9.30 Å². The van der Waals surface area contributed by atoms with E-state index in [4.69, 9.17) is 21.6 Å². The quantitative estimate of drug-likeness (QED) is 0.633. The van der Waals surface area contributed by atoms with Crippen molar-refractivity contribution in [1.82, 2.24) is 9.55 Å². The SMILES string of the molecule is Cc1cc(C(=O)COc2ccc(C#N)cc2Cl)c(C)n1-c1ccccn1. The highest BCUT2D eigenvalue weighted by molar-refractivity contribution is 6.32. The number of aromatic nitrogens is 2. The number of benzene rings is 1. The Morgan fingerprint density at radius 3 is 2.73 bits per heavy atom. The van der Waals surface area contributed by atoms with Gasteiger partial charge in [0.25, 0.3) is 0 Å². The normalized spacial score (nSPS) is 10.4. The number of carbonyl (C=O) groups is 1. The van der Waals surface area contributed by atoms with Gasteiger partial charge in [-0.2, -0.15) is 5.26 Å². The number of Topliss-reactive ketones (excluding diaryl/α,β-unsaturated/α-hetero) is 1. The smallest absolute Gasteiger partial charge is 0.202 e. The van der Waals surface area contributed by atoms with Crippen molar-refractivity contribution in [2.45, 2.75) is 13.8 Å². The second-order valence-electron chi connectivity index (χ2n) is 5.78. The van der Waals surface area contributed by atoms with Crippen LogP contribution >= 0.6 is 11.6 Å². The summed E-state index contributed by atoms with van der Waals surface area (Å²) < 4.78 is 7.48. The third-order valence-electron chi connectivity index (χ3n) is 4.03. The van der Waals surface area contributed by atoms with Crippen molar-refractivity contribution in [2.24, 2.45) is 0 Å². The molecule has 0 amide bonds. The van der Waals surface area contributed by atoms with Crippen LogP contribution in [0.15, 0.2) is 48.7 Å². The molecule has 0 spiro atoms. The van der Waals surface area contributed by atoms with Gasteiger partial charge in [0.05, 0.1) is 16.7 Å². The molecule has 0 unspecified atom stereocenters. The van der Waals surface area contributed by atoms with Crippen LogP contribution in [0.1, 0.15) is 27.3 Å². The highest BCUT2D eigenvalue weighted by Crippen LogP contribution is 2.26. The van der Waals surface area contributed by atoms with E-state index in [2.05, 4.69) is 4.98 Å². The van der Waals surface area contributed by atoms with Gasteiger partial charge in [-0.3, -0.25) is 4.79 Å². The predicted molar refractivity (Wildman–Crippen MR) is 99.0 cm³/mol. The zero-order chi connectivity index (χ0) is 18.7. The zero-order valence-electron chi connectivity index (χ0n) is 14.4. The van der Waals surface area contributed by atoms with Crippen LogP contribution in [0.25, 0.3) is 5.82 Å². The number of carbonyl (C=O) groups excluding carboxylic acids is 1. The van der Waals surface area contributed by atoms with E-state index in [0.29, 0.717) is 21.9 Å². The molecule has 5 nitrogen and oxygen atoms in total. The van der Waals surface area contributed by atoms with Crippen LogP contribution in [0.3, 0.4) is 0 Å². The summed E-state index contributed by atoms with van der Waals surface area (Å²) in [6.07, 6.45) is 1.71. The Hall–Kier alpha value is -3.10. The van der Waals surface area contributed by atoms with E-state index in [9.17, 15) is 4.79 Å². The largest absolute Gasteiger partial charge is 0.484 e. The van der Waals surface area contributed by atoms with Crippen LogP contribution < -0.4 is 4.74 Å². The van der Waals surface area contributed by atoms with Crippen molar-refractivity contribution >= 4 is 17.4 Å². The molecular formula is C20H16ClN3O2. The Bertz CT molecular complexity index is 1000. The third-order valence-corrected chi connectivity index (χ3v) is 4.33. The Morgan fingerprint density at radius 1 is 1.27 bits per heavy atom. The zero-order valence-corrected chi connectivity index (χ0v) is 15.1. The molecule has 0 saturated carbocycles. The lowest BCUT2D eigenvalue weighted by Gasteiger charge is -2.09. The van der Waals surface area contributed by atoms with Crippen LogP contribution in [-0.2, 0) is 0 Å². The average Bonchev–Trinajstić information content (AvgIpc) is 2.95. The molecular weight excluding hydrogens is 350 g/mol. The summed E-state index contributed by atoms with van der Waals surface area (Å²) in [6, 6.07) is 14.2. The lowest BCUT2D eigenvalue weighted by atomic mass is 10.1. The molecule has 2 aromatic heterocycles. The van der Waals surface area contributed by atoms with Crippen LogP contribution in [-0.4, -0.2) is 21.9 Å². The maximum Gasteiger partial charge on any atom is 0.202 e. The summed E-state index contributed by atoms with van der Waals surface area (Å²) >= 11 is 6.08. The van der Waals surface area contributed by atoms with Gasteiger partial charge in [0, 0.05) is 23.1 Å². The molecule has 0 fully saturated rings. The molecule has 0 aliphatic rings. The van der Waals surface area contributed by atoms with Gasteiger partial charge in [0.2, 0.25) is 5.78 Å². The van der Waals surface area contributed by atoms with Crippen LogP contribution in [0.4, 0.5) is 0 Å². The molecule has 2 heterocycles. The van der Waals surface area contributed by atoms with Crippen molar-refractivity contribution in [1.29, 1.82) is 5.26 Å². The number of rotatable bonds is 5. The predicted octanol–water partition coefficient (Wildman–Crippen LogP) is 4.28. The van der Waals surface area contributed by atoms with Gasteiger partial charge in [0.1, 0.15) is 11.6 Å². The fourth-order valence-corrected chi connectivity index (χ4v) is 3.03. The van der Waals surface area contributed by atoms with E-state index >= 15 is 0 Å². The van der Waals surface area contributed by atoms with Crippen LogP contribution in [0, 0.1) is 25.2 Å². The Kier molecular flexibility index (Phi) is 5.06. The third kappa shape index (κ3) is 3.46. The minimum absolute atomic E-state index is 0.141. The van der Waals surface area contributed by atoms with E-state index in [1.807, 2.05) is 48.7 Å². The summed E-state index contributed by atoms with van der Waals surface area (Å²) in [5, 5.41) is 9.16. The molecule has 1 aromatic carbocycles. The highest BCUT2D eigenvalue weighted by Gasteiger charge is 2.18. The monoisotopic (exact) mass is 365 g/mol. The van der Waals surface area contributed by atoms with E-state index in [1.165, 1.54) is 6.07 Å². The van der Waals surface area contributed by atoms with Gasteiger partial charge in [-0.05, 0) is 50.2 Å². The Morgan fingerprint density at radius 2 is 2.08 bits per heavy atom. The first-order valence-electron chi connectivity index (χ1n) is 7.97. The first kappa shape index (κ1) is 17.7. The molecule has 0 bridgehead atoms. The number of hydrogen-bond acceptors (Lipinski definition) is 4. The second kappa shape index (κ2) is 7.42. The number of halogens is 1. The minimum atomic E-state index is -0.152. The summed E-state index contributed by atoms with van der Waals surface area (Å²) in [5.74, 6) is 0.982. The fraction of sp³-hybridized carbons (Fsp3) is 0.150. The topological polar surface area (TPSA) is 67.9 Å². The molecule has 0 saturated heterocycles. The molecule has 0 aliphatic carbocycles. The van der Waals surface area contributed by atoms with E-state index in [1.54, 1.807) is 18.3 Å². The number of ketones is 1. The van der Waals surface area contributed by atoms with Gasteiger partial charge in [-0.1, -0.05) is 17.7 Å². The van der Waals surface area contributed by atoms with Gasteiger partial charge in [-0.15, -0.1) is 0 Å². The van der Waals surface area contributed by atoms with Crippen molar-refractivity contribution < 1.29 is 9.53 Å². The summed E-state index contributed by atoms with van der Waals surface area (Å²) in [4.78, 5) is 17.0. The van der Waals surface area contributed by atoms with Crippen LogP contribution in [0.2, 0.25) is 5.02 Å². The van der Waals surface area contributed by atoms with Crippen molar-refractivity contribution in [3.8, 4) is 17.6 Å². The van der Waals surface area contributed by atoms with Gasteiger partial charge >= 0.3 is 0 Å². The molecule has 3 aromatic rings. The van der Waals surface area contributed by atoms with Crippen LogP contribution in [0.5, 0.6) is 5.75 Å². The molecule has 6 heteroatoms. The molecule has 130 valence electrons. The molecule has 26 heavy (non-hydrogen) atoms. The second-order valence-corrected chi connectivity index (χ2v) is 6.18. The van der Waals surface area contributed by atoms with E-state index in [0.717, 1.165) is 17.2 Å². The average molecular weight is 366 g/mol. The van der Waals surface area contributed by atoms with Crippen molar-refractivity contribution in [2.75, 3.05) is 6.61 Å². The van der Waals surface area contributed by atoms with Gasteiger partial charge in [-0.25, -0.2) is 4.98 Å². The standard InChI is InChI=1S/C20H16ClN3O2/c1-13-9-16(14(2)24(13)20-5-3-4-8-23-20)18(25)12-26-19-7-6-15(11-22)10-17(19)21/h3-10H,12H2,1-2H3. The Balaban J connectivity index is 1.80. The first-order valence-corrected chi connectivity index (χ1v) is 8.35. The molecule has 0 aliphatic heterocycles. The first-order chi connectivity index (χ1) is 12.5. The minimum Gasteiger partial charge on any atom is -0.484 e. The Labute approximate surface area is 156 Å². The summed E-state index contributed by atoms with van der Waals surface area (Å²) in [5.41, 5.74) is 2.74. The number of nitrogens with zero attached hydrogens (tertiary/aromatic N) is 3. The van der Waals surface area contributed by atoms with E-state index in [-0.39, 0.29) is 12.4 Å². The van der Waals surface area contributed by atoms with Crippen molar-refractivity contribution in [3.63, 3.8) is 0 Å². The number of aryl methyl sites for hydroxylation is 1. The summed E-state index contributed by atoms with van der Waals surface area (Å²) in [7, 11) is 0. The lowest BCUT2D eigenvalue weighted by molar-refractivity contribution is 0.0921. The fourth-order valence-electron chi connectivity index (χ4n) is 2.79. The number of pyridine rings is 1. The lowest BCUT2D eigenvalue weighted by Crippen LogP contribution is -2.13. The highest BCUT2D eigenvalue weighted by atomic mass is 35.5.